The van der Waals surface area contributed by atoms with Gasteiger partial charge in [-0.3, -0.25) is 0 Å². The van der Waals surface area contributed by atoms with Gasteiger partial charge in [0.1, 0.15) is 5.60 Å². The highest BCUT2D eigenvalue weighted by molar-refractivity contribution is 5.67. The lowest BCUT2D eigenvalue weighted by Gasteiger charge is -2.25. The summed E-state index contributed by atoms with van der Waals surface area (Å²) in [6.45, 7) is 8.38. The quantitative estimate of drug-likeness (QED) is 0.789. The molecule has 16 heavy (non-hydrogen) atoms. The third-order valence-corrected chi connectivity index (χ3v) is 2.41. The van der Waals surface area contributed by atoms with Crippen LogP contribution < -0.4 is 0 Å². The molecule has 0 aliphatic heterocycles. The molecule has 0 bridgehead atoms. The van der Waals surface area contributed by atoms with E-state index in [1.54, 1.807) is 11.9 Å². The van der Waals surface area contributed by atoms with Crippen molar-refractivity contribution >= 4 is 6.09 Å². The van der Waals surface area contributed by atoms with Crippen molar-refractivity contribution < 1.29 is 14.6 Å². The summed E-state index contributed by atoms with van der Waals surface area (Å²) >= 11 is 0. The number of hydrogen-bond donors (Lipinski definition) is 1. The van der Waals surface area contributed by atoms with E-state index in [1.165, 1.54) is 0 Å². The number of hydrogen-bond acceptors (Lipinski definition) is 3. The van der Waals surface area contributed by atoms with E-state index < -0.39 is 5.60 Å². The standard InChI is InChI=1S/C12H25NO3/c1-6-10(9-14)7-8-13(5)11(15)16-12(2,3)4/h10,14H,6-9H2,1-5H3. The predicted octanol–water partition coefficient (Wildman–Crippen LogP) is 2.26. The fourth-order valence-corrected chi connectivity index (χ4v) is 1.23. The van der Waals surface area contributed by atoms with Gasteiger partial charge in [-0.05, 0) is 33.1 Å². The van der Waals surface area contributed by atoms with Crippen LogP contribution in [0.1, 0.15) is 40.5 Å². The number of aliphatic hydroxyl groups is 1. The minimum Gasteiger partial charge on any atom is -0.444 e. The molecule has 0 aromatic heterocycles. The second-order valence-corrected chi connectivity index (χ2v) is 5.15. The number of carbonyl (C=O) groups is 1. The van der Waals surface area contributed by atoms with E-state index in [-0.39, 0.29) is 18.6 Å². The maximum absolute atomic E-state index is 11.6. The van der Waals surface area contributed by atoms with Crippen molar-refractivity contribution in [3.05, 3.63) is 0 Å². The Balaban J connectivity index is 3.97. The van der Waals surface area contributed by atoms with Crippen LogP contribution in [0.5, 0.6) is 0 Å². The Morgan fingerprint density at radius 2 is 2.00 bits per heavy atom. The molecule has 0 aromatic carbocycles. The van der Waals surface area contributed by atoms with Crippen molar-refractivity contribution in [2.75, 3.05) is 20.2 Å². The molecule has 0 saturated carbocycles. The molecule has 0 saturated heterocycles. The van der Waals surface area contributed by atoms with Crippen molar-refractivity contribution in [2.45, 2.75) is 46.1 Å². The summed E-state index contributed by atoms with van der Waals surface area (Å²) in [6, 6.07) is 0. The lowest BCUT2D eigenvalue weighted by Crippen LogP contribution is -2.35. The fraction of sp³-hybridized carbons (Fsp3) is 0.917. The van der Waals surface area contributed by atoms with E-state index in [9.17, 15) is 4.79 Å². The summed E-state index contributed by atoms with van der Waals surface area (Å²) in [5.74, 6) is 0.268. The lowest BCUT2D eigenvalue weighted by molar-refractivity contribution is 0.0284. The van der Waals surface area contributed by atoms with E-state index in [4.69, 9.17) is 9.84 Å². The third kappa shape index (κ3) is 6.67. The van der Waals surface area contributed by atoms with E-state index in [0.29, 0.717) is 6.54 Å². The van der Waals surface area contributed by atoms with Crippen LogP contribution in [-0.4, -0.2) is 41.9 Å². The predicted molar refractivity (Wildman–Crippen MR) is 64.3 cm³/mol. The van der Waals surface area contributed by atoms with Crippen LogP contribution in [0, 0.1) is 5.92 Å². The molecule has 1 amide bonds. The number of aliphatic hydroxyl groups excluding tert-OH is 1. The van der Waals surface area contributed by atoms with Gasteiger partial charge in [-0.15, -0.1) is 0 Å². The van der Waals surface area contributed by atoms with Crippen LogP contribution in [0.15, 0.2) is 0 Å². The van der Waals surface area contributed by atoms with Gasteiger partial charge in [0, 0.05) is 20.2 Å². The van der Waals surface area contributed by atoms with Crippen molar-refractivity contribution in [1.82, 2.24) is 4.90 Å². The molecular formula is C12H25NO3. The molecule has 0 radical (unpaired) electrons. The Kier molecular flexibility index (Phi) is 6.41. The molecule has 1 unspecified atom stereocenters. The summed E-state index contributed by atoms with van der Waals surface area (Å²) in [7, 11) is 1.72. The molecule has 96 valence electrons. The SMILES string of the molecule is CCC(CO)CCN(C)C(=O)OC(C)(C)C. The molecule has 0 spiro atoms. The molecule has 0 aliphatic carbocycles. The van der Waals surface area contributed by atoms with E-state index in [0.717, 1.165) is 12.8 Å². The second-order valence-electron chi connectivity index (χ2n) is 5.15. The van der Waals surface area contributed by atoms with Crippen LogP contribution in [0.4, 0.5) is 4.79 Å². The maximum atomic E-state index is 11.6. The summed E-state index contributed by atoms with van der Waals surface area (Å²) in [6.07, 6.45) is 1.43. The zero-order chi connectivity index (χ0) is 12.8. The van der Waals surface area contributed by atoms with Crippen LogP contribution in [-0.2, 0) is 4.74 Å². The Hall–Kier alpha value is -0.770. The number of carbonyl (C=O) groups excluding carboxylic acids is 1. The van der Waals surface area contributed by atoms with Crippen LogP contribution >= 0.6 is 0 Å². The maximum Gasteiger partial charge on any atom is 0.410 e. The zero-order valence-corrected chi connectivity index (χ0v) is 11.1. The van der Waals surface area contributed by atoms with Crippen molar-refractivity contribution in [3.63, 3.8) is 0 Å². The molecule has 4 nitrogen and oxygen atoms in total. The molecule has 1 N–H and O–H groups in total. The lowest BCUT2D eigenvalue weighted by atomic mass is 10.0. The first-order valence-corrected chi connectivity index (χ1v) is 5.85. The molecule has 0 aliphatic rings. The van der Waals surface area contributed by atoms with E-state index in [2.05, 4.69) is 0 Å². The van der Waals surface area contributed by atoms with Crippen LogP contribution in [0.3, 0.4) is 0 Å². The van der Waals surface area contributed by atoms with E-state index >= 15 is 0 Å². The van der Waals surface area contributed by atoms with Gasteiger partial charge in [-0.25, -0.2) is 4.79 Å². The third-order valence-electron chi connectivity index (χ3n) is 2.41. The number of amides is 1. The monoisotopic (exact) mass is 231 g/mol. The molecule has 0 aromatic rings. The highest BCUT2D eigenvalue weighted by Crippen LogP contribution is 2.11. The molecule has 0 fully saturated rings. The minimum atomic E-state index is -0.452. The Morgan fingerprint density at radius 1 is 1.44 bits per heavy atom. The molecule has 1 atom stereocenters. The minimum absolute atomic E-state index is 0.179. The summed E-state index contributed by atoms with van der Waals surface area (Å²) in [4.78, 5) is 13.1. The summed E-state index contributed by atoms with van der Waals surface area (Å²) < 4.78 is 5.22. The Morgan fingerprint density at radius 3 is 2.38 bits per heavy atom. The number of nitrogens with zero attached hydrogens (tertiary/aromatic N) is 1. The summed E-state index contributed by atoms with van der Waals surface area (Å²) in [5.41, 5.74) is -0.452. The first kappa shape index (κ1) is 15.2. The highest BCUT2D eigenvalue weighted by atomic mass is 16.6. The van der Waals surface area contributed by atoms with Crippen molar-refractivity contribution in [3.8, 4) is 0 Å². The average Bonchev–Trinajstić information content (AvgIpc) is 2.16. The van der Waals surface area contributed by atoms with Crippen LogP contribution in [0.25, 0.3) is 0 Å². The van der Waals surface area contributed by atoms with E-state index in [1.807, 2.05) is 27.7 Å². The molecular weight excluding hydrogens is 206 g/mol. The normalized spacial score (nSPS) is 13.4. The first-order chi connectivity index (χ1) is 7.30. The van der Waals surface area contributed by atoms with Gasteiger partial charge >= 0.3 is 6.09 Å². The summed E-state index contributed by atoms with van der Waals surface area (Å²) in [5, 5.41) is 9.03. The number of rotatable bonds is 5. The van der Waals surface area contributed by atoms with Gasteiger partial charge in [-0.1, -0.05) is 13.3 Å². The average molecular weight is 231 g/mol. The highest BCUT2D eigenvalue weighted by Gasteiger charge is 2.19. The fourth-order valence-electron chi connectivity index (χ4n) is 1.23. The van der Waals surface area contributed by atoms with Gasteiger partial charge in [0.05, 0.1) is 0 Å². The van der Waals surface area contributed by atoms with Crippen molar-refractivity contribution in [1.29, 1.82) is 0 Å². The first-order valence-electron chi connectivity index (χ1n) is 5.85. The van der Waals surface area contributed by atoms with Gasteiger partial charge in [0.2, 0.25) is 0 Å². The number of ether oxygens (including phenoxy) is 1. The molecule has 0 heterocycles. The smallest absolute Gasteiger partial charge is 0.410 e. The Labute approximate surface area is 98.6 Å². The van der Waals surface area contributed by atoms with Crippen LogP contribution in [0.2, 0.25) is 0 Å². The van der Waals surface area contributed by atoms with Gasteiger partial charge in [0.25, 0.3) is 0 Å². The largest absolute Gasteiger partial charge is 0.444 e. The zero-order valence-electron chi connectivity index (χ0n) is 11.1. The molecule has 0 rings (SSSR count). The van der Waals surface area contributed by atoms with Gasteiger partial charge in [0.15, 0.2) is 0 Å². The second kappa shape index (κ2) is 6.74. The topological polar surface area (TPSA) is 49.8 Å². The molecule has 4 heteroatoms. The van der Waals surface area contributed by atoms with Gasteiger partial charge < -0.3 is 14.7 Å². The van der Waals surface area contributed by atoms with Gasteiger partial charge in [-0.2, -0.15) is 0 Å². The Bertz CT molecular complexity index is 207. The van der Waals surface area contributed by atoms with Crippen molar-refractivity contribution in [2.24, 2.45) is 5.92 Å².